The van der Waals surface area contributed by atoms with Crippen molar-refractivity contribution < 1.29 is 19.1 Å². The van der Waals surface area contributed by atoms with Crippen molar-refractivity contribution >= 4 is 28.7 Å². The van der Waals surface area contributed by atoms with Gasteiger partial charge in [0, 0.05) is 11.6 Å². The van der Waals surface area contributed by atoms with E-state index in [0.29, 0.717) is 5.75 Å². The van der Waals surface area contributed by atoms with Gasteiger partial charge in [-0.1, -0.05) is 60.7 Å². The first kappa shape index (κ1) is 20.1. The van der Waals surface area contributed by atoms with Crippen LogP contribution in [0.5, 0.6) is 5.75 Å². The number of carbonyl (C=O) groups excluding carboxylic acids is 2. The molecule has 0 aliphatic rings. The van der Waals surface area contributed by atoms with E-state index in [4.69, 9.17) is 9.47 Å². The van der Waals surface area contributed by atoms with Crippen LogP contribution < -0.4 is 10.1 Å². The lowest BCUT2D eigenvalue weighted by Crippen LogP contribution is -2.31. The number of benzene rings is 3. The van der Waals surface area contributed by atoms with Gasteiger partial charge < -0.3 is 14.8 Å². The first-order valence-corrected chi connectivity index (χ1v) is 9.33. The summed E-state index contributed by atoms with van der Waals surface area (Å²) in [5.74, 6) is -0.299. The van der Waals surface area contributed by atoms with Crippen LogP contribution in [0.1, 0.15) is 24.1 Å². The van der Waals surface area contributed by atoms with E-state index in [-0.39, 0.29) is 18.6 Å². The van der Waals surface area contributed by atoms with E-state index in [1.807, 2.05) is 67.6 Å². The van der Waals surface area contributed by atoms with Crippen LogP contribution >= 0.6 is 0 Å². The Morgan fingerprint density at radius 3 is 2.55 bits per heavy atom. The average molecular weight is 389 g/mol. The Hall–Kier alpha value is -3.60. The molecule has 0 spiro atoms. The summed E-state index contributed by atoms with van der Waals surface area (Å²) < 4.78 is 10.3. The highest BCUT2D eigenvalue weighted by molar-refractivity contribution is 5.90. The third-order valence-corrected chi connectivity index (χ3v) is 4.55. The van der Waals surface area contributed by atoms with Crippen molar-refractivity contribution in [2.75, 3.05) is 13.7 Å². The highest BCUT2D eigenvalue weighted by Crippen LogP contribution is 2.24. The zero-order valence-corrected chi connectivity index (χ0v) is 16.4. The second-order valence-corrected chi connectivity index (χ2v) is 6.54. The predicted octanol–water partition coefficient (Wildman–Crippen LogP) is 4.28. The molecule has 0 unspecified atom stereocenters. The summed E-state index contributed by atoms with van der Waals surface area (Å²) in [4.78, 5) is 24.1. The molecule has 0 fully saturated rings. The van der Waals surface area contributed by atoms with Crippen molar-refractivity contribution in [1.82, 2.24) is 5.32 Å². The highest BCUT2D eigenvalue weighted by Gasteiger charge is 2.13. The molecule has 0 aromatic heterocycles. The van der Waals surface area contributed by atoms with E-state index in [9.17, 15) is 9.59 Å². The lowest BCUT2D eigenvalue weighted by atomic mass is 10.00. The Balaban J connectivity index is 1.55. The number of fused-ring (bicyclic) bond motifs is 1. The van der Waals surface area contributed by atoms with Gasteiger partial charge in [-0.15, -0.1) is 0 Å². The SMILES string of the molecule is COc1ccccc1/C=C/C(=O)OCC(=O)N[C@H](C)c1cccc2ccccc12. The maximum Gasteiger partial charge on any atom is 0.331 e. The molecule has 0 aliphatic heterocycles. The van der Waals surface area contributed by atoms with Crippen LogP contribution in [0.2, 0.25) is 0 Å². The van der Waals surface area contributed by atoms with Gasteiger partial charge in [0.1, 0.15) is 5.75 Å². The number of rotatable bonds is 7. The topological polar surface area (TPSA) is 64.6 Å². The molecule has 5 nitrogen and oxygen atoms in total. The highest BCUT2D eigenvalue weighted by atomic mass is 16.5. The number of hydrogen-bond donors (Lipinski definition) is 1. The summed E-state index contributed by atoms with van der Waals surface area (Å²) in [6.07, 6.45) is 2.87. The number of methoxy groups -OCH3 is 1. The first-order chi connectivity index (χ1) is 14.1. The van der Waals surface area contributed by atoms with Crippen LogP contribution in [0, 0.1) is 0 Å². The van der Waals surface area contributed by atoms with E-state index in [0.717, 1.165) is 21.9 Å². The minimum absolute atomic E-state index is 0.212. The molecule has 0 radical (unpaired) electrons. The minimum atomic E-state index is -0.594. The smallest absolute Gasteiger partial charge is 0.331 e. The van der Waals surface area contributed by atoms with Gasteiger partial charge in [-0.3, -0.25) is 4.79 Å². The maximum atomic E-state index is 12.2. The zero-order chi connectivity index (χ0) is 20.6. The molecule has 3 aromatic rings. The molecule has 0 saturated carbocycles. The molecule has 1 atom stereocenters. The Labute approximate surface area is 170 Å². The molecule has 1 N–H and O–H groups in total. The second kappa shape index (κ2) is 9.55. The van der Waals surface area contributed by atoms with Crippen LogP contribution in [0.15, 0.2) is 72.8 Å². The summed E-state index contributed by atoms with van der Waals surface area (Å²) in [5.41, 5.74) is 1.76. The van der Waals surface area contributed by atoms with Crippen molar-refractivity contribution in [3.8, 4) is 5.75 Å². The van der Waals surface area contributed by atoms with Gasteiger partial charge in [0.15, 0.2) is 6.61 Å². The number of ether oxygens (including phenoxy) is 2. The molecule has 3 rings (SSSR count). The van der Waals surface area contributed by atoms with Gasteiger partial charge in [0.2, 0.25) is 0 Å². The molecule has 5 heteroatoms. The van der Waals surface area contributed by atoms with Crippen molar-refractivity contribution in [2.45, 2.75) is 13.0 Å². The lowest BCUT2D eigenvalue weighted by Gasteiger charge is -2.16. The molecule has 3 aromatic carbocycles. The number of hydrogen-bond acceptors (Lipinski definition) is 4. The van der Waals surface area contributed by atoms with Gasteiger partial charge >= 0.3 is 5.97 Å². The van der Waals surface area contributed by atoms with Gasteiger partial charge in [0.25, 0.3) is 5.91 Å². The van der Waals surface area contributed by atoms with Gasteiger partial charge in [-0.05, 0) is 35.4 Å². The zero-order valence-electron chi connectivity index (χ0n) is 16.4. The fourth-order valence-electron chi connectivity index (χ4n) is 3.14. The summed E-state index contributed by atoms with van der Waals surface area (Å²) in [6.45, 7) is 1.56. The molecule has 0 heterocycles. The molecular weight excluding hydrogens is 366 g/mol. The molecule has 29 heavy (non-hydrogen) atoms. The maximum absolute atomic E-state index is 12.2. The van der Waals surface area contributed by atoms with Crippen molar-refractivity contribution in [3.63, 3.8) is 0 Å². The normalized spacial score (nSPS) is 11.9. The standard InChI is InChI=1S/C24H23NO4/c1-17(20-12-7-10-18-8-3-5-11-21(18)20)25-23(26)16-29-24(27)15-14-19-9-4-6-13-22(19)28-2/h3-15,17H,16H2,1-2H3,(H,25,26)/b15-14+/t17-/m1/s1. The third-order valence-electron chi connectivity index (χ3n) is 4.55. The monoisotopic (exact) mass is 389 g/mol. The summed E-state index contributed by atoms with van der Waals surface area (Å²) >= 11 is 0. The van der Waals surface area contributed by atoms with Crippen LogP contribution in [-0.4, -0.2) is 25.6 Å². The molecule has 1 amide bonds. The lowest BCUT2D eigenvalue weighted by molar-refractivity contribution is -0.144. The van der Waals surface area contributed by atoms with Crippen LogP contribution in [0.3, 0.4) is 0 Å². The van der Waals surface area contributed by atoms with E-state index < -0.39 is 5.97 Å². The van der Waals surface area contributed by atoms with E-state index in [2.05, 4.69) is 5.32 Å². The second-order valence-electron chi connectivity index (χ2n) is 6.54. The summed E-state index contributed by atoms with van der Waals surface area (Å²) in [7, 11) is 1.56. The molecule has 148 valence electrons. The number of esters is 1. The number of amides is 1. The number of carbonyl (C=O) groups is 2. The van der Waals surface area contributed by atoms with Crippen LogP contribution in [0.25, 0.3) is 16.8 Å². The first-order valence-electron chi connectivity index (χ1n) is 9.33. The molecule has 0 saturated heterocycles. The summed E-state index contributed by atoms with van der Waals surface area (Å²) in [5, 5.41) is 5.07. The van der Waals surface area contributed by atoms with Crippen molar-refractivity contribution in [1.29, 1.82) is 0 Å². The predicted molar refractivity (Wildman–Crippen MR) is 113 cm³/mol. The molecular formula is C24H23NO4. The summed E-state index contributed by atoms with van der Waals surface area (Å²) in [6, 6.07) is 21.1. The number of para-hydroxylation sites is 1. The minimum Gasteiger partial charge on any atom is -0.496 e. The largest absolute Gasteiger partial charge is 0.496 e. The van der Waals surface area contributed by atoms with Crippen molar-refractivity contribution in [2.24, 2.45) is 0 Å². The third kappa shape index (κ3) is 5.23. The number of nitrogens with one attached hydrogen (secondary N) is 1. The van der Waals surface area contributed by atoms with Gasteiger partial charge in [-0.25, -0.2) is 4.79 Å². The fourth-order valence-corrected chi connectivity index (χ4v) is 3.14. The Morgan fingerprint density at radius 2 is 1.72 bits per heavy atom. The molecule has 0 bridgehead atoms. The Morgan fingerprint density at radius 1 is 1.00 bits per heavy atom. The van der Waals surface area contributed by atoms with E-state index >= 15 is 0 Å². The van der Waals surface area contributed by atoms with E-state index in [1.54, 1.807) is 19.3 Å². The fraction of sp³-hybridized carbons (Fsp3) is 0.167. The Bertz CT molecular complexity index is 1040. The van der Waals surface area contributed by atoms with Crippen molar-refractivity contribution in [3.05, 3.63) is 83.9 Å². The van der Waals surface area contributed by atoms with Crippen LogP contribution in [0.4, 0.5) is 0 Å². The Kier molecular flexibility index (Phi) is 6.63. The van der Waals surface area contributed by atoms with Crippen LogP contribution in [-0.2, 0) is 14.3 Å². The molecule has 0 aliphatic carbocycles. The average Bonchev–Trinajstić information content (AvgIpc) is 2.76. The van der Waals surface area contributed by atoms with Gasteiger partial charge in [0.05, 0.1) is 13.2 Å². The quantitative estimate of drug-likeness (QED) is 0.484. The van der Waals surface area contributed by atoms with E-state index in [1.165, 1.54) is 6.08 Å². The van der Waals surface area contributed by atoms with Gasteiger partial charge in [-0.2, -0.15) is 0 Å².